The Hall–Kier alpha value is -0.770. The van der Waals surface area contributed by atoms with Gasteiger partial charge in [-0.2, -0.15) is 0 Å². The van der Waals surface area contributed by atoms with E-state index in [9.17, 15) is 4.79 Å². The number of benzene rings is 1. The Labute approximate surface area is 129 Å². The third-order valence-electron chi connectivity index (χ3n) is 3.87. The Morgan fingerprint density at radius 1 is 1.30 bits per heavy atom. The number of piperidine rings is 1. The van der Waals surface area contributed by atoms with Crippen LogP contribution in [0.1, 0.15) is 24.8 Å². The van der Waals surface area contributed by atoms with Crippen LogP contribution in [0.2, 0.25) is 10.0 Å². The average Bonchev–Trinajstić information content (AvgIpc) is 2.42. The van der Waals surface area contributed by atoms with E-state index in [1.165, 1.54) is 0 Å². The third-order valence-corrected chi connectivity index (χ3v) is 4.47. The van der Waals surface area contributed by atoms with Crippen molar-refractivity contribution in [2.75, 3.05) is 19.6 Å². The van der Waals surface area contributed by atoms with Crippen molar-refractivity contribution in [1.82, 2.24) is 4.90 Å². The van der Waals surface area contributed by atoms with Gasteiger partial charge in [-0.3, -0.25) is 4.79 Å². The number of carboxylic acids is 1. The molecule has 0 unspecified atom stereocenters. The maximum Gasteiger partial charge on any atom is 0.304 e. The number of carbonyl (C=O) groups is 1. The highest BCUT2D eigenvalue weighted by atomic mass is 35.5. The highest BCUT2D eigenvalue weighted by molar-refractivity contribution is 6.33. The van der Waals surface area contributed by atoms with Gasteiger partial charge in [0.25, 0.3) is 0 Å². The van der Waals surface area contributed by atoms with Gasteiger partial charge in [0, 0.05) is 16.6 Å². The van der Waals surface area contributed by atoms with E-state index in [0.29, 0.717) is 12.5 Å². The van der Waals surface area contributed by atoms with Gasteiger partial charge in [0.1, 0.15) is 0 Å². The summed E-state index contributed by atoms with van der Waals surface area (Å²) in [6, 6.07) is 5.60. The predicted molar refractivity (Wildman–Crippen MR) is 81.6 cm³/mol. The topological polar surface area (TPSA) is 40.5 Å². The van der Waals surface area contributed by atoms with Crippen molar-refractivity contribution in [3.63, 3.8) is 0 Å². The second-order valence-corrected chi connectivity index (χ2v) is 6.21. The number of likely N-dealkylation sites (tertiary alicyclic amines) is 1. The van der Waals surface area contributed by atoms with Crippen molar-refractivity contribution >= 4 is 29.2 Å². The van der Waals surface area contributed by atoms with Gasteiger partial charge in [-0.25, -0.2) is 0 Å². The van der Waals surface area contributed by atoms with Crippen LogP contribution in [0.15, 0.2) is 18.2 Å². The molecule has 0 spiro atoms. The van der Waals surface area contributed by atoms with Gasteiger partial charge in [-0.05, 0) is 62.0 Å². The van der Waals surface area contributed by atoms with Crippen LogP contribution in [0.25, 0.3) is 0 Å². The van der Waals surface area contributed by atoms with E-state index in [1.807, 2.05) is 18.2 Å². The first kappa shape index (κ1) is 15.6. The molecule has 1 aromatic carbocycles. The van der Waals surface area contributed by atoms with E-state index >= 15 is 0 Å². The molecule has 1 heterocycles. The van der Waals surface area contributed by atoms with E-state index in [1.54, 1.807) is 0 Å². The minimum absolute atomic E-state index is 0.227. The Morgan fingerprint density at radius 2 is 2.00 bits per heavy atom. The van der Waals surface area contributed by atoms with Crippen molar-refractivity contribution in [2.24, 2.45) is 5.92 Å². The maximum atomic E-state index is 10.6. The molecular formula is C15H19Cl2NO2. The molecule has 5 heteroatoms. The number of carboxylic acid groups (broad SMARTS) is 1. The summed E-state index contributed by atoms with van der Waals surface area (Å²) in [5.41, 5.74) is 1.11. The van der Waals surface area contributed by atoms with E-state index in [0.717, 1.165) is 48.0 Å². The molecule has 0 aliphatic carbocycles. The Balaban J connectivity index is 1.82. The third kappa shape index (κ3) is 4.65. The summed E-state index contributed by atoms with van der Waals surface area (Å²) < 4.78 is 0. The lowest BCUT2D eigenvalue weighted by molar-refractivity contribution is -0.137. The molecule has 0 amide bonds. The first-order valence-corrected chi connectivity index (χ1v) is 7.68. The monoisotopic (exact) mass is 315 g/mol. The van der Waals surface area contributed by atoms with Gasteiger partial charge in [0.15, 0.2) is 0 Å². The zero-order chi connectivity index (χ0) is 14.5. The molecule has 0 radical (unpaired) electrons. The molecule has 1 aliphatic rings. The molecular weight excluding hydrogens is 297 g/mol. The van der Waals surface area contributed by atoms with Crippen LogP contribution >= 0.6 is 23.2 Å². The van der Waals surface area contributed by atoms with Gasteiger partial charge < -0.3 is 10.0 Å². The summed E-state index contributed by atoms with van der Waals surface area (Å²) in [5.74, 6) is -0.120. The highest BCUT2D eigenvalue weighted by Crippen LogP contribution is 2.27. The maximum absolute atomic E-state index is 10.6. The van der Waals surface area contributed by atoms with Crippen LogP contribution in [0.3, 0.4) is 0 Å². The van der Waals surface area contributed by atoms with Gasteiger partial charge in [0.2, 0.25) is 0 Å². The average molecular weight is 316 g/mol. The molecule has 3 nitrogen and oxygen atoms in total. The first-order chi connectivity index (χ1) is 9.54. The Bertz CT molecular complexity index is 471. The molecule has 1 saturated heterocycles. The number of rotatable bonds is 5. The molecule has 1 aliphatic heterocycles. The van der Waals surface area contributed by atoms with Crippen molar-refractivity contribution in [1.29, 1.82) is 0 Å². The first-order valence-electron chi connectivity index (χ1n) is 6.92. The fourth-order valence-electron chi connectivity index (χ4n) is 2.68. The lowest BCUT2D eigenvalue weighted by Crippen LogP contribution is -2.35. The molecule has 110 valence electrons. The van der Waals surface area contributed by atoms with Crippen LogP contribution in [0, 0.1) is 5.92 Å². The fourth-order valence-corrected chi connectivity index (χ4v) is 3.07. The molecule has 0 saturated carbocycles. The molecule has 0 bridgehead atoms. The molecule has 0 atom stereocenters. The van der Waals surface area contributed by atoms with E-state index in [-0.39, 0.29) is 6.42 Å². The van der Waals surface area contributed by atoms with E-state index in [4.69, 9.17) is 28.3 Å². The number of aliphatic carboxylic acids is 1. The van der Waals surface area contributed by atoms with Gasteiger partial charge in [0.05, 0.1) is 6.42 Å². The Kier molecular flexibility index (Phi) is 5.70. The van der Waals surface area contributed by atoms with Gasteiger partial charge >= 0.3 is 5.97 Å². The summed E-state index contributed by atoms with van der Waals surface area (Å²) >= 11 is 12.2. The minimum atomic E-state index is -0.724. The molecule has 1 aromatic rings. The second kappa shape index (κ2) is 7.30. The van der Waals surface area contributed by atoms with Crippen LogP contribution in [-0.2, 0) is 11.2 Å². The lowest BCUT2D eigenvalue weighted by Gasteiger charge is -2.31. The zero-order valence-electron chi connectivity index (χ0n) is 11.3. The lowest BCUT2D eigenvalue weighted by atomic mass is 9.90. The van der Waals surface area contributed by atoms with Crippen LogP contribution < -0.4 is 0 Å². The molecule has 1 N–H and O–H groups in total. The highest BCUT2D eigenvalue weighted by Gasteiger charge is 2.20. The number of halogens is 2. The number of nitrogens with zero attached hydrogens (tertiary/aromatic N) is 1. The van der Waals surface area contributed by atoms with Crippen LogP contribution in [0.4, 0.5) is 0 Å². The zero-order valence-corrected chi connectivity index (χ0v) is 12.8. The summed E-state index contributed by atoms with van der Waals surface area (Å²) in [5, 5.41) is 10.2. The number of hydrogen-bond acceptors (Lipinski definition) is 2. The molecule has 1 fully saturated rings. The van der Waals surface area contributed by atoms with E-state index < -0.39 is 5.97 Å². The summed E-state index contributed by atoms with van der Waals surface area (Å²) in [7, 11) is 0. The number of hydrogen-bond donors (Lipinski definition) is 1. The van der Waals surface area contributed by atoms with E-state index in [2.05, 4.69) is 4.90 Å². The SMILES string of the molecule is O=C(O)CCN1CCC(Cc2cc(Cl)ccc2Cl)CC1. The molecule has 0 aromatic heterocycles. The van der Waals surface area contributed by atoms with Gasteiger partial charge in [-0.1, -0.05) is 23.2 Å². The van der Waals surface area contributed by atoms with Crippen molar-refractivity contribution in [3.8, 4) is 0 Å². The Morgan fingerprint density at radius 3 is 2.65 bits per heavy atom. The summed E-state index contributed by atoms with van der Waals surface area (Å²) in [4.78, 5) is 12.8. The quantitative estimate of drug-likeness (QED) is 0.900. The smallest absolute Gasteiger partial charge is 0.304 e. The van der Waals surface area contributed by atoms with Crippen LogP contribution in [-0.4, -0.2) is 35.6 Å². The van der Waals surface area contributed by atoms with Crippen LogP contribution in [0.5, 0.6) is 0 Å². The molecule has 20 heavy (non-hydrogen) atoms. The standard InChI is InChI=1S/C15H19Cl2NO2/c16-13-1-2-14(17)12(10-13)9-11-3-6-18(7-4-11)8-5-15(19)20/h1-2,10-11H,3-9H2,(H,19,20). The van der Waals surface area contributed by atoms with Crippen molar-refractivity contribution < 1.29 is 9.90 Å². The van der Waals surface area contributed by atoms with Gasteiger partial charge in [-0.15, -0.1) is 0 Å². The largest absolute Gasteiger partial charge is 0.481 e. The second-order valence-electron chi connectivity index (χ2n) is 5.37. The molecule has 2 rings (SSSR count). The minimum Gasteiger partial charge on any atom is -0.481 e. The summed E-state index contributed by atoms with van der Waals surface area (Å²) in [6.45, 7) is 2.59. The predicted octanol–water partition coefficient (Wildman–Crippen LogP) is 3.72. The fraction of sp³-hybridized carbons (Fsp3) is 0.533. The summed E-state index contributed by atoms with van der Waals surface area (Å²) in [6.07, 6.45) is 3.35. The van der Waals surface area contributed by atoms with Crippen molar-refractivity contribution in [3.05, 3.63) is 33.8 Å². The van der Waals surface area contributed by atoms with Crippen molar-refractivity contribution in [2.45, 2.75) is 25.7 Å². The normalized spacial score (nSPS) is 17.3.